The third kappa shape index (κ3) is 5.57. The number of carbonyl (C=O) groups is 2. The Hall–Kier alpha value is -5.19. The molecule has 1 aliphatic heterocycles. The maximum absolute atomic E-state index is 13.5. The van der Waals surface area contributed by atoms with Gasteiger partial charge in [0.25, 0.3) is 17.4 Å². The normalized spacial score (nSPS) is 13.6. The Balaban J connectivity index is 1.22. The molecule has 0 bridgehead atoms. The molecule has 3 N–H and O–H groups in total. The van der Waals surface area contributed by atoms with Crippen molar-refractivity contribution in [3.05, 3.63) is 117 Å². The molecule has 2 amide bonds. The number of benzene rings is 2. The van der Waals surface area contributed by atoms with Crippen LogP contribution in [-0.4, -0.2) is 37.9 Å². The molecule has 1 aliphatic rings. The molecule has 5 rings (SSSR count). The van der Waals surface area contributed by atoms with Crippen LogP contribution in [0.3, 0.4) is 0 Å². The molecule has 0 saturated heterocycles. The number of hydrogen-bond acceptors (Lipinski definition) is 5. The second-order valence-electron chi connectivity index (χ2n) is 8.85. The Labute approximate surface area is 220 Å². The molecule has 0 fully saturated rings. The quantitative estimate of drug-likeness (QED) is 0.317. The fraction of sp³-hybridized carbons (Fsp3) is 0.107. The van der Waals surface area contributed by atoms with Crippen LogP contribution in [0.2, 0.25) is 0 Å². The van der Waals surface area contributed by atoms with Crippen LogP contribution in [-0.2, 0) is 11.3 Å². The van der Waals surface area contributed by atoms with Gasteiger partial charge in [-0.2, -0.15) is 0 Å². The number of aromatic amines is 1. The van der Waals surface area contributed by atoms with Crippen molar-refractivity contribution in [2.24, 2.45) is 0 Å². The van der Waals surface area contributed by atoms with Gasteiger partial charge < -0.3 is 15.6 Å². The van der Waals surface area contributed by atoms with E-state index < -0.39 is 23.1 Å². The average Bonchev–Trinajstić information content (AvgIpc) is 3.46. The zero-order valence-electron chi connectivity index (χ0n) is 20.7. The lowest BCUT2D eigenvalue weighted by molar-refractivity contribution is -0.110. The number of nitrogens with one attached hydrogen (secondary N) is 3. The summed E-state index contributed by atoms with van der Waals surface area (Å²) in [6.07, 6.45) is 9.31. The Morgan fingerprint density at radius 2 is 1.97 bits per heavy atom. The molecule has 0 radical (unpaired) electrons. The molecule has 4 aromatic rings. The number of rotatable bonds is 7. The summed E-state index contributed by atoms with van der Waals surface area (Å²) >= 11 is 0. The van der Waals surface area contributed by atoms with E-state index in [-0.39, 0.29) is 24.6 Å². The first-order valence-electron chi connectivity index (χ1n) is 11.9. The first-order chi connectivity index (χ1) is 18.8. The monoisotopic (exact) mass is 528 g/mol. The molecule has 11 heteroatoms. The molecule has 0 spiro atoms. The number of hydrogen-bond donors (Lipinski definition) is 3. The van der Waals surface area contributed by atoms with E-state index in [2.05, 4.69) is 25.6 Å². The van der Waals surface area contributed by atoms with Crippen LogP contribution in [0.15, 0.2) is 66.0 Å². The van der Waals surface area contributed by atoms with Gasteiger partial charge >= 0.3 is 0 Å². The van der Waals surface area contributed by atoms with Gasteiger partial charge in [0, 0.05) is 30.2 Å². The van der Waals surface area contributed by atoms with Crippen LogP contribution in [0.25, 0.3) is 17.7 Å². The van der Waals surface area contributed by atoms with Crippen molar-refractivity contribution >= 4 is 35.2 Å². The highest BCUT2D eigenvalue weighted by Crippen LogP contribution is 2.33. The molecular weight excluding hydrogens is 506 g/mol. The Kier molecular flexibility index (Phi) is 6.96. The van der Waals surface area contributed by atoms with Gasteiger partial charge in [0.2, 0.25) is 0 Å². The summed E-state index contributed by atoms with van der Waals surface area (Å²) in [5, 5.41) is 5.48. The summed E-state index contributed by atoms with van der Waals surface area (Å²) in [7, 11) is 0. The minimum Gasteiger partial charge on any atom is -0.348 e. The van der Waals surface area contributed by atoms with E-state index in [9.17, 15) is 23.2 Å². The zero-order valence-corrected chi connectivity index (χ0v) is 20.7. The van der Waals surface area contributed by atoms with E-state index in [0.29, 0.717) is 22.6 Å². The van der Waals surface area contributed by atoms with Gasteiger partial charge in [-0.05, 0) is 42.3 Å². The molecule has 2 aromatic heterocycles. The van der Waals surface area contributed by atoms with Crippen LogP contribution in [0.4, 0.5) is 14.5 Å². The molecule has 9 nitrogen and oxygen atoms in total. The van der Waals surface area contributed by atoms with E-state index in [4.69, 9.17) is 0 Å². The number of carbonyl (C=O) groups excluding carboxylic acids is 2. The second-order valence-corrected chi connectivity index (χ2v) is 8.85. The predicted octanol–water partition coefficient (Wildman–Crippen LogP) is 3.54. The van der Waals surface area contributed by atoms with E-state index in [1.807, 2.05) is 25.1 Å². The molecule has 2 aromatic carbocycles. The van der Waals surface area contributed by atoms with Gasteiger partial charge in [-0.25, -0.2) is 18.7 Å². The third-order valence-corrected chi connectivity index (χ3v) is 6.01. The maximum atomic E-state index is 13.5. The number of nitrogens with zero attached hydrogens (tertiary/aromatic N) is 3. The van der Waals surface area contributed by atoms with Gasteiger partial charge in [-0.1, -0.05) is 30.4 Å². The number of aromatic nitrogens is 4. The Morgan fingerprint density at radius 1 is 1.13 bits per heavy atom. The Morgan fingerprint density at radius 3 is 2.74 bits per heavy atom. The minimum atomic E-state index is -1.03. The molecule has 0 aliphatic carbocycles. The summed E-state index contributed by atoms with van der Waals surface area (Å²) in [5.41, 5.74) is 3.11. The van der Waals surface area contributed by atoms with Crippen LogP contribution >= 0.6 is 0 Å². The fourth-order valence-corrected chi connectivity index (χ4v) is 4.10. The average molecular weight is 529 g/mol. The van der Waals surface area contributed by atoms with Crippen LogP contribution in [0.5, 0.6) is 0 Å². The molecule has 0 atom stereocenters. The van der Waals surface area contributed by atoms with Crippen molar-refractivity contribution < 1.29 is 18.4 Å². The van der Waals surface area contributed by atoms with E-state index in [0.717, 1.165) is 39.7 Å². The SMILES string of the molecule is Cc1c[nH]c(/C=C2\C(=O)Nc3cc(/C=C/CNC(=O)c4cncn(Cc5ccc(F)c(F)c5)c4=O)ccc32)n1. The van der Waals surface area contributed by atoms with E-state index >= 15 is 0 Å². The van der Waals surface area contributed by atoms with E-state index in [1.165, 1.54) is 12.4 Å². The lowest BCUT2D eigenvalue weighted by Gasteiger charge is -2.08. The van der Waals surface area contributed by atoms with Crippen molar-refractivity contribution in [1.29, 1.82) is 0 Å². The van der Waals surface area contributed by atoms with Gasteiger partial charge in [0.05, 0.1) is 24.1 Å². The first-order valence-corrected chi connectivity index (χ1v) is 11.9. The largest absolute Gasteiger partial charge is 0.348 e. The van der Waals surface area contributed by atoms with Gasteiger partial charge in [0.1, 0.15) is 11.4 Å². The standard InChI is InChI=1S/C28H22F2N6O3/c1-16-12-33-25(34-16)11-20-19-6-4-17(10-24(19)35-27(20)38)3-2-8-32-26(37)21-13-31-15-36(28(21)39)14-18-5-7-22(29)23(30)9-18/h2-7,9-13,15H,8,14H2,1H3,(H,32,37)(H,33,34)(H,35,38)/b3-2+,20-11-. The summed E-state index contributed by atoms with van der Waals surface area (Å²) in [5.74, 6) is -2.27. The molecule has 196 valence electrons. The topological polar surface area (TPSA) is 122 Å². The highest BCUT2D eigenvalue weighted by Gasteiger charge is 2.24. The number of imidazole rings is 1. The smallest absolute Gasteiger partial charge is 0.266 e. The van der Waals surface area contributed by atoms with Crippen molar-refractivity contribution in [1.82, 2.24) is 24.8 Å². The minimum absolute atomic E-state index is 0.0724. The third-order valence-electron chi connectivity index (χ3n) is 6.01. The van der Waals surface area contributed by atoms with Crippen molar-refractivity contribution in [3.8, 4) is 0 Å². The second kappa shape index (κ2) is 10.7. The Bertz CT molecular complexity index is 1720. The number of H-pyrrole nitrogens is 1. The van der Waals surface area contributed by atoms with Gasteiger partial charge in [-0.15, -0.1) is 0 Å². The molecule has 0 saturated carbocycles. The molecule has 3 heterocycles. The van der Waals surface area contributed by atoms with Crippen LogP contribution in [0, 0.1) is 18.6 Å². The molecule has 39 heavy (non-hydrogen) atoms. The zero-order chi connectivity index (χ0) is 27.5. The van der Waals surface area contributed by atoms with Crippen LogP contribution in [0.1, 0.15) is 38.6 Å². The van der Waals surface area contributed by atoms with Gasteiger partial charge in [0.15, 0.2) is 11.6 Å². The lowest BCUT2D eigenvalue weighted by Crippen LogP contribution is -2.33. The lowest BCUT2D eigenvalue weighted by atomic mass is 10.0. The summed E-state index contributed by atoms with van der Waals surface area (Å²) in [6.45, 7) is 1.91. The number of amides is 2. The number of halogens is 2. The number of aryl methyl sites for hydroxylation is 1. The predicted molar refractivity (Wildman–Crippen MR) is 142 cm³/mol. The summed E-state index contributed by atoms with van der Waals surface area (Å²) < 4.78 is 27.8. The molecule has 0 unspecified atom stereocenters. The first kappa shape index (κ1) is 25.5. The number of anilines is 1. The van der Waals surface area contributed by atoms with E-state index in [1.54, 1.807) is 24.4 Å². The van der Waals surface area contributed by atoms with Crippen molar-refractivity contribution in [2.45, 2.75) is 13.5 Å². The highest BCUT2D eigenvalue weighted by atomic mass is 19.2. The molecular formula is C28H22F2N6O3. The maximum Gasteiger partial charge on any atom is 0.266 e. The highest BCUT2D eigenvalue weighted by molar-refractivity contribution is 6.34. The number of fused-ring (bicyclic) bond motifs is 1. The van der Waals surface area contributed by atoms with Gasteiger partial charge in [-0.3, -0.25) is 19.0 Å². The van der Waals surface area contributed by atoms with Crippen LogP contribution < -0.4 is 16.2 Å². The van der Waals surface area contributed by atoms with Crippen molar-refractivity contribution in [2.75, 3.05) is 11.9 Å². The summed E-state index contributed by atoms with van der Waals surface area (Å²) in [4.78, 5) is 49.0. The van der Waals surface area contributed by atoms with Crippen molar-refractivity contribution in [3.63, 3.8) is 0 Å². The summed E-state index contributed by atoms with van der Waals surface area (Å²) in [6, 6.07) is 8.80. The fourth-order valence-electron chi connectivity index (χ4n) is 4.10.